The molecule has 0 aliphatic rings. The first kappa shape index (κ1) is 26.1. The summed E-state index contributed by atoms with van der Waals surface area (Å²) < 4.78 is 115. The van der Waals surface area contributed by atoms with Crippen LogP contribution in [0, 0.1) is 0 Å². The third kappa shape index (κ3) is 9.34. The van der Waals surface area contributed by atoms with Gasteiger partial charge in [-0.3, -0.25) is 9.11 Å². The molecule has 0 aromatic heterocycles. The van der Waals surface area contributed by atoms with Crippen molar-refractivity contribution in [3.8, 4) is 0 Å². The number of anilines is 4. The second-order valence-electron chi connectivity index (χ2n) is 3.95. The molecule has 0 heterocycles. The zero-order valence-electron chi connectivity index (χ0n) is 12.1. The fraction of sp³-hybridized carbons (Fsp3) is 0.250. The molecule has 0 radical (unpaired) electrons. The molecular formula is C8H12F6N4O6S2. The van der Waals surface area contributed by atoms with E-state index in [-0.39, 0.29) is 0 Å². The number of hydrogen-bond acceptors (Lipinski definition) is 8. The summed E-state index contributed by atoms with van der Waals surface area (Å²) in [6, 6.07) is 3.09. The largest absolute Gasteiger partial charge is 0.522 e. The van der Waals surface area contributed by atoms with Crippen LogP contribution in [0.25, 0.3) is 0 Å². The van der Waals surface area contributed by atoms with E-state index >= 15 is 0 Å². The summed E-state index contributed by atoms with van der Waals surface area (Å²) in [6.07, 6.45) is 0. The molecule has 0 saturated heterocycles. The van der Waals surface area contributed by atoms with Crippen LogP contribution in [0.1, 0.15) is 0 Å². The topological polar surface area (TPSA) is 213 Å². The van der Waals surface area contributed by atoms with Gasteiger partial charge in [-0.15, -0.1) is 0 Å². The van der Waals surface area contributed by atoms with Crippen molar-refractivity contribution in [3.05, 3.63) is 12.1 Å². The molecule has 1 aromatic carbocycles. The molecule has 0 aliphatic heterocycles. The number of rotatable bonds is 0. The molecule has 1 rings (SSSR count). The van der Waals surface area contributed by atoms with E-state index in [1.54, 1.807) is 12.1 Å². The molecule has 18 heteroatoms. The number of alkyl halides is 6. The lowest BCUT2D eigenvalue weighted by atomic mass is 10.2. The van der Waals surface area contributed by atoms with Crippen molar-refractivity contribution in [2.24, 2.45) is 0 Å². The van der Waals surface area contributed by atoms with Gasteiger partial charge in [0.25, 0.3) is 0 Å². The quantitative estimate of drug-likeness (QED) is 0.145. The highest BCUT2D eigenvalue weighted by atomic mass is 32.2. The van der Waals surface area contributed by atoms with Crippen LogP contribution >= 0.6 is 0 Å². The van der Waals surface area contributed by atoms with E-state index in [9.17, 15) is 26.3 Å². The number of nitrogen functional groups attached to an aromatic ring is 4. The van der Waals surface area contributed by atoms with Crippen molar-refractivity contribution >= 4 is 43.0 Å². The van der Waals surface area contributed by atoms with Gasteiger partial charge >= 0.3 is 31.3 Å². The molecule has 0 bridgehead atoms. The molecule has 0 atom stereocenters. The third-order valence-corrected chi connectivity index (χ3v) is 3.04. The Labute approximate surface area is 142 Å². The van der Waals surface area contributed by atoms with Crippen molar-refractivity contribution < 1.29 is 52.3 Å². The second-order valence-corrected chi connectivity index (χ2v) is 6.78. The van der Waals surface area contributed by atoms with E-state index in [4.69, 9.17) is 48.9 Å². The minimum absolute atomic E-state index is 0.465. The van der Waals surface area contributed by atoms with Gasteiger partial charge in [-0.05, 0) is 12.1 Å². The highest BCUT2D eigenvalue weighted by molar-refractivity contribution is 7.86. The lowest BCUT2D eigenvalue weighted by molar-refractivity contribution is -0.0514. The second kappa shape index (κ2) is 8.47. The predicted octanol–water partition coefficient (Wildman–Crippen LogP) is 0.803. The first-order valence-corrected chi connectivity index (χ1v) is 8.26. The van der Waals surface area contributed by atoms with E-state index in [0.717, 1.165) is 0 Å². The molecular weight excluding hydrogens is 426 g/mol. The van der Waals surface area contributed by atoms with Crippen molar-refractivity contribution in [2.45, 2.75) is 11.0 Å². The van der Waals surface area contributed by atoms with E-state index < -0.39 is 31.3 Å². The summed E-state index contributed by atoms with van der Waals surface area (Å²) in [5, 5.41) is 0. The molecule has 0 aliphatic carbocycles. The van der Waals surface area contributed by atoms with Crippen LogP contribution in [-0.2, 0) is 20.2 Å². The maximum absolute atomic E-state index is 10.7. The maximum atomic E-state index is 10.7. The fourth-order valence-corrected chi connectivity index (χ4v) is 0.668. The fourth-order valence-electron chi connectivity index (χ4n) is 0.668. The molecule has 10 nitrogen and oxygen atoms in total. The highest BCUT2D eigenvalue weighted by Gasteiger charge is 2.45. The van der Waals surface area contributed by atoms with E-state index in [0.29, 0.717) is 22.7 Å². The Balaban J connectivity index is 0. The van der Waals surface area contributed by atoms with E-state index in [1.807, 2.05) is 0 Å². The normalized spacial score (nSPS) is 12.3. The summed E-state index contributed by atoms with van der Waals surface area (Å²) in [6.45, 7) is 0. The zero-order chi connectivity index (χ0) is 21.7. The van der Waals surface area contributed by atoms with Gasteiger partial charge in [0.15, 0.2) is 0 Å². The number of nitrogens with two attached hydrogens (primary N) is 4. The van der Waals surface area contributed by atoms with Gasteiger partial charge in [0, 0.05) is 0 Å². The Kier molecular flexibility index (Phi) is 8.49. The number of benzene rings is 1. The number of halogens is 6. The maximum Gasteiger partial charge on any atom is 0.522 e. The van der Waals surface area contributed by atoms with Crippen LogP contribution in [0.2, 0.25) is 0 Å². The summed E-state index contributed by atoms with van der Waals surface area (Å²) >= 11 is 0. The van der Waals surface area contributed by atoms with Crippen LogP contribution < -0.4 is 22.9 Å². The van der Waals surface area contributed by atoms with Gasteiger partial charge in [-0.1, -0.05) is 0 Å². The van der Waals surface area contributed by atoms with Crippen LogP contribution in [0.15, 0.2) is 12.1 Å². The average Bonchev–Trinajstić information content (AvgIpc) is 2.33. The lowest BCUT2D eigenvalue weighted by Gasteiger charge is -2.03. The summed E-state index contributed by atoms with van der Waals surface area (Å²) in [5.74, 6) is 0. The Morgan fingerprint density at radius 1 is 0.615 bits per heavy atom. The minimum atomic E-state index is -5.84. The highest BCUT2D eigenvalue weighted by Crippen LogP contribution is 2.24. The van der Waals surface area contributed by atoms with Gasteiger partial charge < -0.3 is 22.9 Å². The van der Waals surface area contributed by atoms with Gasteiger partial charge in [0.2, 0.25) is 0 Å². The lowest BCUT2D eigenvalue weighted by Crippen LogP contribution is -2.21. The van der Waals surface area contributed by atoms with E-state index in [2.05, 4.69) is 0 Å². The molecule has 26 heavy (non-hydrogen) atoms. The van der Waals surface area contributed by atoms with Crippen LogP contribution in [0.5, 0.6) is 0 Å². The van der Waals surface area contributed by atoms with Crippen LogP contribution in [0.3, 0.4) is 0 Å². The Morgan fingerprint density at radius 2 is 0.731 bits per heavy atom. The van der Waals surface area contributed by atoms with Crippen LogP contribution in [0.4, 0.5) is 49.1 Å². The number of hydrogen-bond donors (Lipinski definition) is 6. The molecule has 0 amide bonds. The summed E-state index contributed by atoms with van der Waals surface area (Å²) in [7, 11) is -11.7. The van der Waals surface area contributed by atoms with Gasteiger partial charge in [-0.25, -0.2) is 0 Å². The average molecular weight is 438 g/mol. The van der Waals surface area contributed by atoms with E-state index in [1.165, 1.54) is 0 Å². The third-order valence-electron chi connectivity index (χ3n) is 1.87. The van der Waals surface area contributed by atoms with Crippen LogP contribution in [-0.4, -0.2) is 37.0 Å². The monoisotopic (exact) mass is 438 g/mol. The van der Waals surface area contributed by atoms with Gasteiger partial charge in [0.1, 0.15) is 0 Å². The smallest absolute Gasteiger partial charge is 0.397 e. The molecule has 10 N–H and O–H groups in total. The molecule has 0 unspecified atom stereocenters. The standard InChI is InChI=1S/C6H10N4.2CHF3O3S/c7-3-1-4(8)6(10)2-5(3)9;2*2-1(3,4)8(5,6)7/h1-2H,7-10H2;2*(H,5,6,7). The molecule has 0 fully saturated rings. The minimum Gasteiger partial charge on any atom is -0.397 e. The predicted molar refractivity (Wildman–Crippen MR) is 79.3 cm³/mol. The molecule has 154 valence electrons. The summed E-state index contributed by atoms with van der Waals surface area (Å²) in [5.41, 5.74) is 12.5. The van der Waals surface area contributed by atoms with Crippen molar-refractivity contribution in [3.63, 3.8) is 0 Å². The van der Waals surface area contributed by atoms with Crippen molar-refractivity contribution in [1.29, 1.82) is 0 Å². The van der Waals surface area contributed by atoms with Gasteiger partial charge in [0.05, 0.1) is 22.7 Å². The van der Waals surface area contributed by atoms with Crippen molar-refractivity contribution in [2.75, 3.05) is 22.9 Å². The summed E-state index contributed by atoms with van der Waals surface area (Å²) in [4.78, 5) is 0. The first-order chi connectivity index (χ1) is 11.1. The molecule has 1 aromatic rings. The SMILES string of the molecule is Nc1cc(N)c(N)cc1N.O=S(=O)(O)C(F)(F)F.O=S(=O)(O)C(F)(F)F. The Hall–Kier alpha value is -2.18. The molecule has 0 saturated carbocycles. The molecule has 0 spiro atoms. The Bertz CT molecular complexity index is 729. The first-order valence-electron chi connectivity index (χ1n) is 5.38. The van der Waals surface area contributed by atoms with Gasteiger partial charge in [-0.2, -0.15) is 43.2 Å². The Morgan fingerprint density at radius 3 is 0.808 bits per heavy atom. The van der Waals surface area contributed by atoms with Crippen molar-refractivity contribution in [1.82, 2.24) is 0 Å². The zero-order valence-corrected chi connectivity index (χ0v) is 13.7.